The van der Waals surface area contributed by atoms with E-state index < -0.39 is 0 Å². The van der Waals surface area contributed by atoms with Gasteiger partial charge in [0.15, 0.2) is 0 Å². The van der Waals surface area contributed by atoms with Gasteiger partial charge in [0.2, 0.25) is 0 Å². The number of hydrogen-bond acceptors (Lipinski definition) is 3. The second-order valence-electron chi connectivity index (χ2n) is 7.99. The zero-order valence-electron chi connectivity index (χ0n) is 17.2. The number of fused-ring (bicyclic) bond motifs is 2. The number of piperidine rings is 1. The molecule has 2 saturated heterocycles. The van der Waals surface area contributed by atoms with Gasteiger partial charge in [0.05, 0.1) is 11.0 Å². The summed E-state index contributed by atoms with van der Waals surface area (Å²) in [5.41, 5.74) is 5.19. The second kappa shape index (κ2) is 7.92. The predicted octanol–water partition coefficient (Wildman–Crippen LogP) is 4.34. The molecule has 2 atom stereocenters. The Hall–Kier alpha value is -3.18. The molecule has 0 amide bonds. The minimum atomic E-state index is 0.0238. The maximum Gasteiger partial charge on any atom is 0.250 e. The summed E-state index contributed by atoms with van der Waals surface area (Å²) in [6.07, 6.45) is 6.69. The summed E-state index contributed by atoms with van der Waals surface area (Å²) >= 11 is 0. The number of rotatable bonds is 3. The standard InChI is InChI=1S/C20H17N3O.C5H9N/c1-2-22-13-16(9-11-20(22)24)15-8-10-19-18(12-15)21-14-23(19)17-6-4-3-5-7-17;1-2-5-4-6(5)3-1/h3-14H,2H2,1H3;5H,1-4H2. The van der Waals surface area contributed by atoms with Crippen LogP contribution in [0.25, 0.3) is 27.8 Å². The third kappa shape index (κ3) is 3.68. The van der Waals surface area contributed by atoms with Crippen LogP contribution in [0.2, 0.25) is 0 Å². The summed E-state index contributed by atoms with van der Waals surface area (Å²) in [6.45, 7) is 5.44. The minimum Gasteiger partial charge on any atom is -0.315 e. The fourth-order valence-corrected chi connectivity index (χ4v) is 4.24. The average molecular weight is 399 g/mol. The van der Waals surface area contributed by atoms with Crippen molar-refractivity contribution in [3.63, 3.8) is 0 Å². The predicted molar refractivity (Wildman–Crippen MR) is 121 cm³/mol. The molecule has 5 heteroatoms. The van der Waals surface area contributed by atoms with E-state index in [1.807, 2.05) is 43.7 Å². The molecule has 0 spiro atoms. The highest BCUT2D eigenvalue weighted by Gasteiger charge is 2.37. The summed E-state index contributed by atoms with van der Waals surface area (Å²) in [7, 11) is 0. The Morgan fingerprint density at radius 2 is 1.87 bits per heavy atom. The van der Waals surface area contributed by atoms with E-state index in [0.29, 0.717) is 6.54 Å². The molecule has 2 unspecified atom stereocenters. The first kappa shape index (κ1) is 18.8. The van der Waals surface area contributed by atoms with Gasteiger partial charge in [-0.05, 0) is 67.8 Å². The fraction of sp³-hybridized carbons (Fsp3) is 0.280. The molecular formula is C25H26N4O. The number of hydrogen-bond donors (Lipinski definition) is 0. The number of benzene rings is 2. The lowest BCUT2D eigenvalue weighted by Crippen LogP contribution is -2.16. The van der Waals surface area contributed by atoms with Gasteiger partial charge < -0.3 is 4.57 Å². The molecule has 2 aromatic carbocycles. The molecule has 30 heavy (non-hydrogen) atoms. The molecule has 2 aromatic heterocycles. The molecule has 0 saturated carbocycles. The molecule has 0 radical (unpaired) electrons. The van der Waals surface area contributed by atoms with Crippen molar-refractivity contribution < 1.29 is 0 Å². The zero-order chi connectivity index (χ0) is 20.5. The number of aryl methyl sites for hydroxylation is 1. The highest BCUT2D eigenvalue weighted by molar-refractivity contribution is 5.83. The zero-order valence-corrected chi connectivity index (χ0v) is 17.2. The van der Waals surface area contributed by atoms with Crippen molar-refractivity contribution in [2.45, 2.75) is 32.4 Å². The SMILES string of the molecule is C1CC2CN2C1.CCn1cc(-c2ccc3c(c2)ncn3-c2ccccc2)ccc1=O. The molecule has 4 aromatic rings. The first-order valence-corrected chi connectivity index (χ1v) is 10.7. The largest absolute Gasteiger partial charge is 0.315 e. The maximum absolute atomic E-state index is 11.8. The highest BCUT2D eigenvalue weighted by Crippen LogP contribution is 2.29. The Morgan fingerprint density at radius 3 is 2.53 bits per heavy atom. The Bertz CT molecular complexity index is 1220. The van der Waals surface area contributed by atoms with Gasteiger partial charge in [-0.15, -0.1) is 0 Å². The van der Waals surface area contributed by atoms with Crippen LogP contribution in [0.5, 0.6) is 0 Å². The van der Waals surface area contributed by atoms with Crippen LogP contribution in [0.15, 0.2) is 78.0 Å². The van der Waals surface area contributed by atoms with Gasteiger partial charge in [-0.2, -0.15) is 0 Å². The topological polar surface area (TPSA) is 42.8 Å². The quantitative estimate of drug-likeness (QED) is 0.482. The number of para-hydroxylation sites is 1. The van der Waals surface area contributed by atoms with Crippen LogP contribution >= 0.6 is 0 Å². The van der Waals surface area contributed by atoms with Gasteiger partial charge in [-0.1, -0.05) is 24.3 Å². The van der Waals surface area contributed by atoms with Crippen LogP contribution in [0.1, 0.15) is 19.8 Å². The van der Waals surface area contributed by atoms with E-state index in [9.17, 15) is 4.79 Å². The number of pyridine rings is 1. The van der Waals surface area contributed by atoms with Gasteiger partial charge in [0.1, 0.15) is 6.33 Å². The van der Waals surface area contributed by atoms with Crippen LogP contribution in [0, 0.1) is 0 Å². The van der Waals surface area contributed by atoms with Crippen molar-refractivity contribution in [1.29, 1.82) is 0 Å². The molecule has 0 aliphatic carbocycles. The molecular weight excluding hydrogens is 372 g/mol. The van der Waals surface area contributed by atoms with Crippen molar-refractivity contribution in [3.05, 3.63) is 83.5 Å². The van der Waals surface area contributed by atoms with Crippen molar-refractivity contribution in [2.75, 3.05) is 13.1 Å². The molecule has 6 rings (SSSR count). The van der Waals surface area contributed by atoms with E-state index in [-0.39, 0.29) is 5.56 Å². The minimum absolute atomic E-state index is 0.0238. The monoisotopic (exact) mass is 398 g/mol. The van der Waals surface area contributed by atoms with Gasteiger partial charge >= 0.3 is 0 Å². The average Bonchev–Trinajstić information content (AvgIpc) is 3.19. The second-order valence-corrected chi connectivity index (χ2v) is 7.99. The molecule has 0 bridgehead atoms. The van der Waals surface area contributed by atoms with E-state index in [1.165, 1.54) is 25.9 Å². The van der Waals surface area contributed by atoms with E-state index >= 15 is 0 Å². The lowest BCUT2D eigenvalue weighted by molar-refractivity contribution is 0.593. The highest BCUT2D eigenvalue weighted by atomic mass is 16.1. The van der Waals surface area contributed by atoms with Gasteiger partial charge in [-0.25, -0.2) is 4.98 Å². The first-order chi connectivity index (χ1) is 14.7. The van der Waals surface area contributed by atoms with Crippen LogP contribution in [-0.2, 0) is 6.54 Å². The molecule has 5 nitrogen and oxygen atoms in total. The van der Waals surface area contributed by atoms with Gasteiger partial charge in [0.25, 0.3) is 5.56 Å². The number of aromatic nitrogens is 3. The smallest absolute Gasteiger partial charge is 0.250 e. The Labute approximate surface area is 176 Å². The van der Waals surface area contributed by atoms with Gasteiger partial charge in [-0.3, -0.25) is 14.3 Å². The third-order valence-electron chi connectivity index (χ3n) is 6.05. The molecule has 0 N–H and O–H groups in total. The third-order valence-corrected chi connectivity index (χ3v) is 6.05. The molecule has 4 heterocycles. The van der Waals surface area contributed by atoms with Crippen LogP contribution in [-0.4, -0.2) is 38.1 Å². The fourth-order valence-electron chi connectivity index (χ4n) is 4.24. The van der Waals surface area contributed by atoms with E-state index in [2.05, 4.69) is 44.8 Å². The van der Waals surface area contributed by atoms with Crippen LogP contribution in [0.4, 0.5) is 0 Å². The molecule has 2 aliphatic rings. The van der Waals surface area contributed by atoms with Crippen LogP contribution < -0.4 is 5.56 Å². The molecule has 2 aliphatic heterocycles. The van der Waals surface area contributed by atoms with Crippen molar-refractivity contribution in [1.82, 2.24) is 19.0 Å². The van der Waals surface area contributed by atoms with E-state index in [1.54, 1.807) is 10.6 Å². The maximum atomic E-state index is 11.8. The van der Waals surface area contributed by atoms with Crippen molar-refractivity contribution in [3.8, 4) is 16.8 Å². The summed E-state index contributed by atoms with van der Waals surface area (Å²) < 4.78 is 3.79. The number of nitrogens with zero attached hydrogens (tertiary/aromatic N) is 4. The van der Waals surface area contributed by atoms with Crippen molar-refractivity contribution >= 4 is 11.0 Å². The van der Waals surface area contributed by atoms with E-state index in [4.69, 9.17) is 0 Å². The normalized spacial score (nSPS) is 19.2. The summed E-state index contributed by atoms with van der Waals surface area (Å²) in [5.74, 6) is 0. The summed E-state index contributed by atoms with van der Waals surface area (Å²) in [4.78, 5) is 18.8. The number of imidazole rings is 1. The lowest BCUT2D eigenvalue weighted by atomic mass is 10.1. The Balaban J connectivity index is 0.000000272. The first-order valence-electron chi connectivity index (χ1n) is 10.7. The van der Waals surface area contributed by atoms with Crippen LogP contribution in [0.3, 0.4) is 0 Å². The lowest BCUT2D eigenvalue weighted by Gasteiger charge is -2.07. The summed E-state index contributed by atoms with van der Waals surface area (Å²) in [6, 6.07) is 20.9. The molecule has 2 fully saturated rings. The Kier molecular flexibility index (Phi) is 4.97. The van der Waals surface area contributed by atoms with E-state index in [0.717, 1.165) is 33.9 Å². The molecule has 152 valence electrons. The van der Waals surface area contributed by atoms with Gasteiger partial charge in [0, 0.05) is 37.1 Å². The van der Waals surface area contributed by atoms with Crippen molar-refractivity contribution in [2.24, 2.45) is 0 Å². The summed E-state index contributed by atoms with van der Waals surface area (Å²) in [5, 5.41) is 0. The Morgan fingerprint density at radius 1 is 1.03 bits per heavy atom.